The SMILES string of the molecule is Cc1nc(C#Cc2ccnc(Cl)c2)cn1Cc1cccnc1. The quantitative estimate of drug-likeness (QED) is 0.540. The summed E-state index contributed by atoms with van der Waals surface area (Å²) in [7, 11) is 0. The number of aryl methyl sites for hydroxylation is 1. The first-order chi connectivity index (χ1) is 10.7. The van der Waals surface area contributed by atoms with Gasteiger partial charge in [0, 0.05) is 30.4 Å². The van der Waals surface area contributed by atoms with Gasteiger partial charge in [-0.2, -0.15) is 0 Å². The summed E-state index contributed by atoms with van der Waals surface area (Å²) in [5.74, 6) is 7.01. The topological polar surface area (TPSA) is 43.6 Å². The first-order valence-corrected chi connectivity index (χ1v) is 7.15. The monoisotopic (exact) mass is 308 g/mol. The van der Waals surface area contributed by atoms with Crippen molar-refractivity contribution in [1.82, 2.24) is 19.5 Å². The van der Waals surface area contributed by atoms with Gasteiger partial charge < -0.3 is 4.57 Å². The van der Waals surface area contributed by atoms with Gasteiger partial charge in [0.05, 0.1) is 6.54 Å². The molecule has 0 spiro atoms. The van der Waals surface area contributed by atoms with E-state index in [9.17, 15) is 0 Å². The molecule has 3 rings (SSSR count). The second-order valence-electron chi connectivity index (χ2n) is 4.78. The van der Waals surface area contributed by atoms with E-state index in [-0.39, 0.29) is 0 Å². The fourth-order valence-corrected chi connectivity index (χ4v) is 2.21. The van der Waals surface area contributed by atoms with Gasteiger partial charge >= 0.3 is 0 Å². The average Bonchev–Trinajstić information content (AvgIpc) is 2.87. The Bertz CT molecular complexity index is 844. The third-order valence-corrected chi connectivity index (χ3v) is 3.32. The molecule has 0 aliphatic heterocycles. The molecule has 0 radical (unpaired) electrons. The normalized spacial score (nSPS) is 10.1. The Morgan fingerprint density at radius 1 is 1.23 bits per heavy atom. The lowest BCUT2D eigenvalue weighted by Crippen LogP contribution is -2.00. The van der Waals surface area contributed by atoms with E-state index in [1.54, 1.807) is 18.5 Å². The Morgan fingerprint density at radius 3 is 2.91 bits per heavy atom. The van der Waals surface area contributed by atoms with E-state index in [0.29, 0.717) is 5.15 Å². The molecule has 5 heteroatoms. The molecule has 0 fully saturated rings. The van der Waals surface area contributed by atoms with Crippen molar-refractivity contribution in [2.45, 2.75) is 13.5 Å². The third kappa shape index (κ3) is 3.51. The molecule has 108 valence electrons. The largest absolute Gasteiger partial charge is 0.329 e. The molecule has 3 heterocycles. The lowest BCUT2D eigenvalue weighted by molar-refractivity contribution is 0.758. The van der Waals surface area contributed by atoms with E-state index < -0.39 is 0 Å². The Hall–Kier alpha value is -2.64. The van der Waals surface area contributed by atoms with E-state index in [1.165, 1.54) is 0 Å². The number of halogens is 1. The smallest absolute Gasteiger partial charge is 0.131 e. The number of imidazole rings is 1. The number of rotatable bonds is 2. The predicted octanol–water partition coefficient (Wildman–Crippen LogP) is 3.08. The molecular formula is C17H13ClN4. The summed E-state index contributed by atoms with van der Waals surface area (Å²) in [6.45, 7) is 2.69. The van der Waals surface area contributed by atoms with Gasteiger partial charge in [-0.1, -0.05) is 23.6 Å². The van der Waals surface area contributed by atoms with Crippen molar-refractivity contribution in [3.8, 4) is 11.8 Å². The van der Waals surface area contributed by atoms with E-state index in [0.717, 1.165) is 29.2 Å². The number of nitrogens with zero attached hydrogens (tertiary/aromatic N) is 4. The highest BCUT2D eigenvalue weighted by molar-refractivity contribution is 6.29. The van der Waals surface area contributed by atoms with Crippen molar-refractivity contribution in [3.63, 3.8) is 0 Å². The second kappa shape index (κ2) is 6.42. The van der Waals surface area contributed by atoms with E-state index in [4.69, 9.17) is 11.6 Å². The molecule has 0 aliphatic rings. The highest BCUT2D eigenvalue weighted by atomic mass is 35.5. The van der Waals surface area contributed by atoms with Gasteiger partial charge in [0.25, 0.3) is 0 Å². The van der Waals surface area contributed by atoms with Crippen LogP contribution in [0.5, 0.6) is 0 Å². The first kappa shape index (κ1) is 14.3. The zero-order valence-electron chi connectivity index (χ0n) is 12.0. The number of pyridine rings is 2. The maximum Gasteiger partial charge on any atom is 0.131 e. The first-order valence-electron chi connectivity index (χ1n) is 6.77. The molecule has 0 aromatic carbocycles. The minimum atomic E-state index is 0.435. The summed E-state index contributed by atoms with van der Waals surface area (Å²) in [6.07, 6.45) is 7.20. The van der Waals surface area contributed by atoms with E-state index in [1.807, 2.05) is 37.5 Å². The molecule has 0 bridgehead atoms. The molecule has 22 heavy (non-hydrogen) atoms. The highest BCUT2D eigenvalue weighted by Gasteiger charge is 2.03. The van der Waals surface area contributed by atoms with Crippen LogP contribution in [0.25, 0.3) is 0 Å². The Labute approximate surface area is 133 Å². The highest BCUT2D eigenvalue weighted by Crippen LogP contribution is 2.08. The molecule has 0 unspecified atom stereocenters. The summed E-state index contributed by atoms with van der Waals surface area (Å²) in [4.78, 5) is 12.5. The van der Waals surface area contributed by atoms with Crippen molar-refractivity contribution in [2.75, 3.05) is 0 Å². The summed E-state index contributed by atoms with van der Waals surface area (Å²) in [5.41, 5.74) is 2.68. The van der Waals surface area contributed by atoms with Crippen LogP contribution in [0, 0.1) is 18.8 Å². The Balaban J connectivity index is 1.81. The van der Waals surface area contributed by atoms with Crippen LogP contribution in [0.4, 0.5) is 0 Å². The molecule has 0 amide bonds. The maximum atomic E-state index is 5.84. The summed E-state index contributed by atoms with van der Waals surface area (Å²) in [5, 5.41) is 0.435. The second-order valence-corrected chi connectivity index (χ2v) is 5.17. The number of hydrogen-bond acceptors (Lipinski definition) is 3. The Kier molecular flexibility index (Phi) is 4.17. The zero-order valence-corrected chi connectivity index (χ0v) is 12.7. The van der Waals surface area contributed by atoms with Gasteiger partial charge in [0.2, 0.25) is 0 Å². The van der Waals surface area contributed by atoms with Crippen LogP contribution in [-0.2, 0) is 6.54 Å². The van der Waals surface area contributed by atoms with Crippen LogP contribution in [0.1, 0.15) is 22.6 Å². The molecule has 4 nitrogen and oxygen atoms in total. The average molecular weight is 309 g/mol. The molecular weight excluding hydrogens is 296 g/mol. The van der Waals surface area contributed by atoms with Crippen LogP contribution in [0.3, 0.4) is 0 Å². The van der Waals surface area contributed by atoms with Crippen molar-refractivity contribution in [1.29, 1.82) is 0 Å². The Morgan fingerprint density at radius 2 is 2.14 bits per heavy atom. The lowest BCUT2D eigenvalue weighted by atomic mass is 10.2. The molecule has 0 aliphatic carbocycles. The van der Waals surface area contributed by atoms with Crippen molar-refractivity contribution < 1.29 is 0 Å². The van der Waals surface area contributed by atoms with Crippen molar-refractivity contribution >= 4 is 11.6 Å². The molecule has 0 N–H and O–H groups in total. The molecule has 3 aromatic rings. The van der Waals surface area contributed by atoms with E-state index >= 15 is 0 Å². The van der Waals surface area contributed by atoms with Gasteiger partial charge in [-0.05, 0) is 36.6 Å². The minimum Gasteiger partial charge on any atom is -0.329 e. The van der Waals surface area contributed by atoms with Gasteiger partial charge in [-0.25, -0.2) is 9.97 Å². The maximum absolute atomic E-state index is 5.84. The number of aromatic nitrogens is 4. The van der Waals surface area contributed by atoms with Crippen LogP contribution in [-0.4, -0.2) is 19.5 Å². The van der Waals surface area contributed by atoms with Gasteiger partial charge in [0.1, 0.15) is 16.7 Å². The molecule has 0 saturated heterocycles. The van der Waals surface area contributed by atoms with Gasteiger partial charge in [-0.15, -0.1) is 0 Å². The van der Waals surface area contributed by atoms with E-state index in [2.05, 4.69) is 31.4 Å². The van der Waals surface area contributed by atoms with Crippen LogP contribution < -0.4 is 0 Å². The van der Waals surface area contributed by atoms with Crippen LogP contribution in [0.15, 0.2) is 49.1 Å². The summed E-state index contributed by atoms with van der Waals surface area (Å²) < 4.78 is 2.06. The van der Waals surface area contributed by atoms with Crippen molar-refractivity contribution in [3.05, 3.63) is 76.9 Å². The predicted molar refractivity (Wildman–Crippen MR) is 85.5 cm³/mol. The molecule has 3 aromatic heterocycles. The van der Waals surface area contributed by atoms with Crippen LogP contribution >= 0.6 is 11.6 Å². The van der Waals surface area contributed by atoms with Crippen LogP contribution in [0.2, 0.25) is 5.15 Å². The fraction of sp³-hybridized carbons (Fsp3) is 0.118. The third-order valence-electron chi connectivity index (χ3n) is 3.11. The van der Waals surface area contributed by atoms with Gasteiger partial charge in [0.15, 0.2) is 0 Å². The standard InChI is InChI=1S/C17H13ClN4/c1-13-21-16(5-4-14-6-8-20-17(18)9-14)12-22(13)11-15-3-2-7-19-10-15/h2-3,6-10,12H,11H2,1H3. The zero-order chi connectivity index (χ0) is 15.4. The minimum absolute atomic E-state index is 0.435. The summed E-state index contributed by atoms with van der Waals surface area (Å²) >= 11 is 5.84. The summed E-state index contributed by atoms with van der Waals surface area (Å²) in [6, 6.07) is 7.51. The molecule has 0 atom stereocenters. The number of hydrogen-bond donors (Lipinski definition) is 0. The molecule has 0 saturated carbocycles. The van der Waals surface area contributed by atoms with Gasteiger partial charge in [-0.3, -0.25) is 4.98 Å². The lowest BCUT2D eigenvalue weighted by Gasteiger charge is -2.03. The van der Waals surface area contributed by atoms with Crippen molar-refractivity contribution in [2.24, 2.45) is 0 Å². The fourth-order valence-electron chi connectivity index (χ4n) is 2.03.